The zero-order valence-electron chi connectivity index (χ0n) is 8.34. The monoisotopic (exact) mass is 182 g/mol. The maximum absolute atomic E-state index is 5.76. The number of allylic oxidation sites excluding steroid dienone is 1. The Labute approximate surface area is 79.9 Å². The fourth-order valence-electron chi connectivity index (χ4n) is 2.20. The van der Waals surface area contributed by atoms with Gasteiger partial charge in [-0.3, -0.25) is 0 Å². The molecule has 0 N–H and O–H groups in total. The van der Waals surface area contributed by atoms with Crippen molar-refractivity contribution in [2.75, 3.05) is 0 Å². The fourth-order valence-corrected chi connectivity index (χ4v) is 2.20. The van der Waals surface area contributed by atoms with Crippen molar-refractivity contribution in [3.63, 3.8) is 0 Å². The van der Waals surface area contributed by atoms with E-state index in [1.54, 1.807) is 6.26 Å². The molecule has 2 rings (SSSR count). The maximum Gasteiger partial charge on any atom is 0.250 e. The zero-order chi connectivity index (χ0) is 9.15. The van der Waals surface area contributed by atoms with Gasteiger partial charge in [-0.25, -0.2) is 0 Å². The molecule has 1 aliphatic heterocycles. The van der Waals surface area contributed by atoms with Crippen LogP contribution in [0.2, 0.25) is 0 Å². The van der Waals surface area contributed by atoms with E-state index in [0.717, 1.165) is 18.6 Å². The minimum atomic E-state index is -0.273. The van der Waals surface area contributed by atoms with Crippen LogP contribution in [0.1, 0.15) is 51.9 Å². The van der Waals surface area contributed by atoms with Crippen LogP contribution in [0.25, 0.3) is 0 Å². The minimum Gasteiger partial charge on any atom is -0.456 e. The fraction of sp³-hybridized carbons (Fsp3) is 0.818. The Kier molecular flexibility index (Phi) is 2.47. The van der Waals surface area contributed by atoms with Crippen LogP contribution in [0.15, 0.2) is 12.0 Å². The summed E-state index contributed by atoms with van der Waals surface area (Å²) >= 11 is 0. The molecule has 2 heteroatoms. The van der Waals surface area contributed by atoms with E-state index in [-0.39, 0.29) is 5.79 Å². The Morgan fingerprint density at radius 3 is 2.23 bits per heavy atom. The quantitative estimate of drug-likeness (QED) is 0.572. The van der Waals surface area contributed by atoms with Crippen LogP contribution >= 0.6 is 0 Å². The highest BCUT2D eigenvalue weighted by Crippen LogP contribution is 2.36. The van der Waals surface area contributed by atoms with Crippen molar-refractivity contribution in [2.24, 2.45) is 0 Å². The van der Waals surface area contributed by atoms with Gasteiger partial charge in [-0.15, -0.1) is 0 Å². The molecule has 1 fully saturated rings. The highest BCUT2D eigenvalue weighted by atomic mass is 16.7. The van der Waals surface area contributed by atoms with Gasteiger partial charge in [-0.05, 0) is 19.8 Å². The van der Waals surface area contributed by atoms with Gasteiger partial charge in [0.15, 0.2) is 0 Å². The van der Waals surface area contributed by atoms with Gasteiger partial charge in [0.25, 0.3) is 0 Å². The molecule has 13 heavy (non-hydrogen) atoms. The third-order valence-corrected chi connectivity index (χ3v) is 2.90. The second kappa shape index (κ2) is 3.60. The minimum absolute atomic E-state index is 0.273. The molecule has 0 aromatic carbocycles. The molecule has 0 unspecified atom stereocenters. The molecule has 2 nitrogen and oxygen atoms in total. The van der Waals surface area contributed by atoms with Crippen molar-refractivity contribution < 1.29 is 9.47 Å². The van der Waals surface area contributed by atoms with Gasteiger partial charge < -0.3 is 9.47 Å². The lowest BCUT2D eigenvalue weighted by molar-refractivity contribution is -0.161. The standard InChI is InChI=1S/C11H18O2/c1-10-9-12-11(13-10)7-5-3-2-4-6-8-11/h9H,2-8H2,1H3. The Balaban J connectivity index is 1.96. The molecule has 0 aromatic rings. The highest BCUT2D eigenvalue weighted by Gasteiger charge is 2.37. The van der Waals surface area contributed by atoms with Gasteiger partial charge in [0.05, 0.1) is 0 Å². The molecule has 0 bridgehead atoms. The van der Waals surface area contributed by atoms with Crippen molar-refractivity contribution in [3.05, 3.63) is 12.0 Å². The number of hydrogen-bond donors (Lipinski definition) is 0. The summed E-state index contributed by atoms with van der Waals surface area (Å²) in [7, 11) is 0. The number of hydrogen-bond acceptors (Lipinski definition) is 2. The average Bonchev–Trinajstić information content (AvgIpc) is 2.42. The Bertz CT molecular complexity index is 200. The van der Waals surface area contributed by atoms with Crippen LogP contribution in [0.5, 0.6) is 0 Å². The van der Waals surface area contributed by atoms with E-state index in [9.17, 15) is 0 Å². The number of rotatable bonds is 0. The van der Waals surface area contributed by atoms with Gasteiger partial charge in [0, 0.05) is 12.8 Å². The molecular formula is C11H18O2. The topological polar surface area (TPSA) is 18.5 Å². The van der Waals surface area contributed by atoms with E-state index >= 15 is 0 Å². The lowest BCUT2D eigenvalue weighted by Gasteiger charge is -2.29. The summed E-state index contributed by atoms with van der Waals surface area (Å²) in [5.41, 5.74) is 0. The second-order valence-corrected chi connectivity index (χ2v) is 4.13. The van der Waals surface area contributed by atoms with Crippen LogP contribution in [-0.4, -0.2) is 5.79 Å². The van der Waals surface area contributed by atoms with Crippen LogP contribution in [0.4, 0.5) is 0 Å². The van der Waals surface area contributed by atoms with Crippen LogP contribution < -0.4 is 0 Å². The average molecular weight is 182 g/mol. The molecule has 0 saturated heterocycles. The zero-order valence-corrected chi connectivity index (χ0v) is 8.34. The summed E-state index contributed by atoms with van der Waals surface area (Å²) in [6.45, 7) is 1.97. The molecule has 0 atom stereocenters. The molecule has 0 amide bonds. The maximum atomic E-state index is 5.76. The van der Waals surface area contributed by atoms with E-state index in [1.807, 2.05) is 6.92 Å². The highest BCUT2D eigenvalue weighted by molar-refractivity contribution is 4.94. The van der Waals surface area contributed by atoms with E-state index in [2.05, 4.69) is 0 Å². The molecule has 0 radical (unpaired) electrons. The largest absolute Gasteiger partial charge is 0.456 e. The van der Waals surface area contributed by atoms with Gasteiger partial charge >= 0.3 is 0 Å². The predicted molar refractivity (Wildman–Crippen MR) is 51.0 cm³/mol. The lowest BCUT2D eigenvalue weighted by atomic mass is 9.96. The lowest BCUT2D eigenvalue weighted by Crippen LogP contribution is -2.31. The third kappa shape index (κ3) is 1.98. The first-order valence-corrected chi connectivity index (χ1v) is 5.34. The Hall–Kier alpha value is -0.660. The summed E-state index contributed by atoms with van der Waals surface area (Å²) in [6, 6.07) is 0. The Morgan fingerprint density at radius 1 is 1.08 bits per heavy atom. The summed E-state index contributed by atoms with van der Waals surface area (Å²) in [5.74, 6) is 0.658. The number of ether oxygens (including phenoxy) is 2. The molecule has 2 aliphatic rings. The third-order valence-electron chi connectivity index (χ3n) is 2.90. The first kappa shape index (κ1) is 8.92. The molecule has 1 aliphatic carbocycles. The van der Waals surface area contributed by atoms with E-state index in [4.69, 9.17) is 9.47 Å². The van der Waals surface area contributed by atoms with Crippen LogP contribution in [0, 0.1) is 0 Å². The van der Waals surface area contributed by atoms with Crippen LogP contribution in [-0.2, 0) is 9.47 Å². The normalized spacial score (nSPS) is 27.0. The van der Waals surface area contributed by atoms with Gasteiger partial charge in [0.2, 0.25) is 5.79 Å². The van der Waals surface area contributed by atoms with Gasteiger partial charge in [0.1, 0.15) is 12.0 Å². The smallest absolute Gasteiger partial charge is 0.250 e. The van der Waals surface area contributed by atoms with Crippen molar-refractivity contribution in [3.8, 4) is 0 Å². The van der Waals surface area contributed by atoms with Crippen molar-refractivity contribution in [2.45, 2.75) is 57.7 Å². The van der Waals surface area contributed by atoms with E-state index in [0.29, 0.717) is 0 Å². The summed E-state index contributed by atoms with van der Waals surface area (Å²) in [5, 5.41) is 0. The van der Waals surface area contributed by atoms with Crippen molar-refractivity contribution >= 4 is 0 Å². The van der Waals surface area contributed by atoms with E-state index in [1.165, 1.54) is 32.1 Å². The molecular weight excluding hydrogens is 164 g/mol. The summed E-state index contributed by atoms with van der Waals surface area (Å²) in [6.07, 6.45) is 10.4. The molecule has 1 saturated carbocycles. The summed E-state index contributed by atoms with van der Waals surface area (Å²) < 4.78 is 11.4. The SMILES string of the molecule is CC1=COC2(CCCCCCC2)O1. The van der Waals surface area contributed by atoms with Crippen molar-refractivity contribution in [1.82, 2.24) is 0 Å². The van der Waals surface area contributed by atoms with Gasteiger partial charge in [-0.1, -0.05) is 19.3 Å². The second-order valence-electron chi connectivity index (χ2n) is 4.13. The molecule has 0 aromatic heterocycles. The Morgan fingerprint density at radius 2 is 1.69 bits per heavy atom. The van der Waals surface area contributed by atoms with E-state index < -0.39 is 0 Å². The predicted octanol–water partition coefficient (Wildman–Crippen LogP) is 3.34. The first-order valence-electron chi connectivity index (χ1n) is 5.34. The summed E-state index contributed by atoms with van der Waals surface area (Å²) in [4.78, 5) is 0. The molecule has 74 valence electrons. The van der Waals surface area contributed by atoms with Crippen LogP contribution in [0.3, 0.4) is 0 Å². The van der Waals surface area contributed by atoms with Crippen molar-refractivity contribution in [1.29, 1.82) is 0 Å². The molecule has 1 spiro atoms. The van der Waals surface area contributed by atoms with Gasteiger partial charge in [-0.2, -0.15) is 0 Å². The first-order chi connectivity index (χ1) is 6.31. The molecule has 1 heterocycles.